The summed E-state index contributed by atoms with van der Waals surface area (Å²) < 4.78 is 6.04. The second-order valence-electron chi connectivity index (χ2n) is 4.12. The van der Waals surface area contributed by atoms with Crippen LogP contribution in [0.25, 0.3) is 5.69 Å². The normalized spacial score (nSPS) is 10.8. The summed E-state index contributed by atoms with van der Waals surface area (Å²) in [5.41, 5.74) is 2.18. The predicted molar refractivity (Wildman–Crippen MR) is 78.9 cm³/mol. The maximum atomic E-state index is 10.9. The molecule has 0 radical (unpaired) electrons. The van der Waals surface area contributed by atoms with Crippen molar-refractivity contribution in [2.75, 3.05) is 13.7 Å². The largest absolute Gasteiger partial charge is 0.466 e. The first kappa shape index (κ1) is 15.1. The number of para-hydroxylation sites is 1. The molecule has 1 heterocycles. The quantitative estimate of drug-likeness (QED) is 0.483. The van der Waals surface area contributed by atoms with Crippen LogP contribution < -0.4 is 0 Å². The molecular weight excluding hydrogens is 294 g/mol. The SMILES string of the molecule is COC(=O)CO/N=C\c1c(C)nn(-c2ccccc2)c1Cl. The van der Waals surface area contributed by atoms with E-state index >= 15 is 0 Å². The third-order valence-corrected chi connectivity index (χ3v) is 3.08. The molecule has 110 valence electrons. The molecule has 0 fully saturated rings. The maximum Gasteiger partial charge on any atom is 0.346 e. The molecule has 21 heavy (non-hydrogen) atoms. The monoisotopic (exact) mass is 307 g/mol. The van der Waals surface area contributed by atoms with Gasteiger partial charge in [0.1, 0.15) is 5.15 Å². The van der Waals surface area contributed by atoms with Crippen molar-refractivity contribution < 1.29 is 14.4 Å². The molecule has 0 aliphatic heterocycles. The molecule has 0 bridgehead atoms. The van der Waals surface area contributed by atoms with Gasteiger partial charge in [-0.25, -0.2) is 9.48 Å². The van der Waals surface area contributed by atoms with Gasteiger partial charge in [0, 0.05) is 0 Å². The Morgan fingerprint density at radius 2 is 2.14 bits per heavy atom. The van der Waals surface area contributed by atoms with E-state index in [0.29, 0.717) is 16.4 Å². The molecule has 2 aromatic rings. The lowest BCUT2D eigenvalue weighted by Crippen LogP contribution is -2.07. The molecule has 7 heteroatoms. The average Bonchev–Trinajstić information content (AvgIpc) is 2.79. The molecule has 0 spiro atoms. The lowest BCUT2D eigenvalue weighted by atomic mass is 10.3. The summed E-state index contributed by atoms with van der Waals surface area (Å²) in [6.45, 7) is 1.56. The molecular formula is C14H14ClN3O3. The van der Waals surface area contributed by atoms with E-state index in [-0.39, 0.29) is 6.61 Å². The van der Waals surface area contributed by atoms with Gasteiger partial charge in [-0.15, -0.1) is 0 Å². The number of carbonyl (C=O) groups is 1. The Morgan fingerprint density at radius 3 is 2.81 bits per heavy atom. The highest BCUT2D eigenvalue weighted by atomic mass is 35.5. The number of hydrogen-bond donors (Lipinski definition) is 0. The number of esters is 1. The van der Waals surface area contributed by atoms with E-state index in [9.17, 15) is 4.79 Å². The number of methoxy groups -OCH3 is 1. The first-order valence-corrected chi connectivity index (χ1v) is 6.54. The molecule has 1 aromatic heterocycles. The van der Waals surface area contributed by atoms with Crippen LogP contribution in [0.2, 0.25) is 5.15 Å². The van der Waals surface area contributed by atoms with Crippen LogP contribution in [0.15, 0.2) is 35.5 Å². The Kier molecular flexibility index (Phi) is 4.94. The fraction of sp³-hybridized carbons (Fsp3) is 0.214. The van der Waals surface area contributed by atoms with Crippen LogP contribution in [0.4, 0.5) is 0 Å². The van der Waals surface area contributed by atoms with E-state index in [4.69, 9.17) is 16.4 Å². The Labute approximate surface area is 126 Å². The van der Waals surface area contributed by atoms with Crippen molar-refractivity contribution in [1.29, 1.82) is 0 Å². The van der Waals surface area contributed by atoms with Gasteiger partial charge < -0.3 is 9.57 Å². The molecule has 1 aromatic carbocycles. The van der Waals surface area contributed by atoms with Gasteiger partial charge in [-0.3, -0.25) is 0 Å². The number of benzene rings is 1. The number of aryl methyl sites for hydroxylation is 1. The van der Waals surface area contributed by atoms with E-state index in [2.05, 4.69) is 15.0 Å². The van der Waals surface area contributed by atoms with Crippen molar-refractivity contribution in [3.8, 4) is 5.69 Å². The summed E-state index contributed by atoms with van der Waals surface area (Å²) in [6.07, 6.45) is 1.42. The van der Waals surface area contributed by atoms with Crippen LogP contribution in [0.1, 0.15) is 11.3 Å². The highest BCUT2D eigenvalue weighted by molar-refractivity contribution is 6.32. The number of oxime groups is 1. The Bertz CT molecular complexity index is 653. The number of nitrogens with zero attached hydrogens (tertiary/aromatic N) is 3. The fourth-order valence-corrected chi connectivity index (χ4v) is 1.96. The molecule has 0 aliphatic carbocycles. The molecule has 2 rings (SSSR count). The third kappa shape index (κ3) is 3.61. The van der Waals surface area contributed by atoms with Crippen LogP contribution >= 0.6 is 11.6 Å². The van der Waals surface area contributed by atoms with Crippen molar-refractivity contribution in [3.63, 3.8) is 0 Å². The van der Waals surface area contributed by atoms with E-state index in [1.165, 1.54) is 13.3 Å². The fourth-order valence-electron chi connectivity index (χ4n) is 1.64. The van der Waals surface area contributed by atoms with Crippen molar-refractivity contribution in [3.05, 3.63) is 46.7 Å². The van der Waals surface area contributed by atoms with E-state index < -0.39 is 5.97 Å². The summed E-state index contributed by atoms with van der Waals surface area (Å²) in [5.74, 6) is -0.505. The predicted octanol–water partition coefficient (Wildman–Crippen LogP) is 2.36. The van der Waals surface area contributed by atoms with Crippen LogP contribution in [-0.4, -0.2) is 35.7 Å². The second-order valence-corrected chi connectivity index (χ2v) is 4.48. The summed E-state index contributed by atoms with van der Waals surface area (Å²) in [6, 6.07) is 9.50. The smallest absolute Gasteiger partial charge is 0.346 e. The van der Waals surface area contributed by atoms with Gasteiger partial charge in [0.2, 0.25) is 6.61 Å². The van der Waals surface area contributed by atoms with Gasteiger partial charge in [0.05, 0.1) is 30.3 Å². The van der Waals surface area contributed by atoms with E-state index in [1.54, 1.807) is 4.68 Å². The topological polar surface area (TPSA) is 65.7 Å². The molecule has 0 amide bonds. The van der Waals surface area contributed by atoms with Gasteiger partial charge in [-0.1, -0.05) is 35.0 Å². The third-order valence-electron chi connectivity index (χ3n) is 2.72. The number of aromatic nitrogens is 2. The summed E-state index contributed by atoms with van der Waals surface area (Å²) in [5, 5.41) is 8.47. The molecule has 0 unspecified atom stereocenters. The standard InChI is InChI=1S/C14H14ClN3O3/c1-10-12(8-16-21-9-13(19)20-2)14(15)18(17-10)11-6-4-3-5-7-11/h3-8H,9H2,1-2H3/b16-8-. The molecule has 6 nitrogen and oxygen atoms in total. The van der Waals surface area contributed by atoms with Gasteiger partial charge in [0.15, 0.2) is 0 Å². The minimum absolute atomic E-state index is 0.253. The lowest BCUT2D eigenvalue weighted by molar-refractivity contribution is -0.145. The van der Waals surface area contributed by atoms with Crippen molar-refractivity contribution in [2.24, 2.45) is 5.16 Å². The highest BCUT2D eigenvalue weighted by Gasteiger charge is 2.13. The average molecular weight is 308 g/mol. The summed E-state index contributed by atoms with van der Waals surface area (Å²) in [4.78, 5) is 15.7. The van der Waals surface area contributed by atoms with Gasteiger partial charge >= 0.3 is 5.97 Å². The summed E-state index contributed by atoms with van der Waals surface area (Å²) in [7, 11) is 1.28. The lowest BCUT2D eigenvalue weighted by Gasteiger charge is -2.01. The van der Waals surface area contributed by atoms with Gasteiger partial charge in [0.25, 0.3) is 0 Å². The minimum Gasteiger partial charge on any atom is -0.466 e. The van der Waals surface area contributed by atoms with Gasteiger partial charge in [-0.2, -0.15) is 5.10 Å². The second kappa shape index (κ2) is 6.90. The molecule has 0 saturated carbocycles. The van der Waals surface area contributed by atoms with Crippen molar-refractivity contribution in [2.45, 2.75) is 6.92 Å². The highest BCUT2D eigenvalue weighted by Crippen LogP contribution is 2.21. The van der Waals surface area contributed by atoms with Gasteiger partial charge in [-0.05, 0) is 19.1 Å². The number of hydrogen-bond acceptors (Lipinski definition) is 5. The molecule has 0 saturated heterocycles. The van der Waals surface area contributed by atoms with Crippen LogP contribution in [0.3, 0.4) is 0 Å². The Morgan fingerprint density at radius 1 is 1.43 bits per heavy atom. The molecule has 0 atom stereocenters. The Balaban J connectivity index is 2.16. The Hall–Kier alpha value is -2.34. The zero-order valence-corrected chi connectivity index (χ0v) is 12.4. The number of rotatable bonds is 5. The first-order valence-electron chi connectivity index (χ1n) is 6.16. The van der Waals surface area contributed by atoms with Crippen molar-refractivity contribution >= 4 is 23.8 Å². The maximum absolute atomic E-state index is 10.9. The first-order chi connectivity index (χ1) is 10.1. The molecule has 0 aliphatic rings. The van der Waals surface area contributed by atoms with Crippen molar-refractivity contribution in [1.82, 2.24) is 9.78 Å². The van der Waals surface area contributed by atoms with E-state index in [1.807, 2.05) is 37.3 Å². The zero-order chi connectivity index (χ0) is 15.2. The summed E-state index contributed by atoms with van der Waals surface area (Å²) >= 11 is 6.29. The molecule has 0 N–H and O–H groups in total. The number of ether oxygens (including phenoxy) is 1. The minimum atomic E-state index is -0.505. The van der Waals surface area contributed by atoms with E-state index in [0.717, 1.165) is 5.69 Å². The van der Waals surface area contributed by atoms with Crippen LogP contribution in [0, 0.1) is 6.92 Å². The van der Waals surface area contributed by atoms with Crippen LogP contribution in [-0.2, 0) is 14.4 Å². The zero-order valence-electron chi connectivity index (χ0n) is 11.6. The number of halogens is 1. The number of carbonyl (C=O) groups excluding carboxylic acids is 1. The van der Waals surface area contributed by atoms with Crippen LogP contribution in [0.5, 0.6) is 0 Å².